The largest absolute Gasteiger partial charge is 0.425 e. The zero-order valence-electron chi connectivity index (χ0n) is 15.2. The molecule has 28 heavy (non-hydrogen) atoms. The zero-order chi connectivity index (χ0) is 19.1. The Hall–Kier alpha value is -2.88. The van der Waals surface area contributed by atoms with E-state index in [1.54, 1.807) is 6.07 Å². The number of nitrogens with zero attached hydrogens (tertiary/aromatic N) is 5. The Morgan fingerprint density at radius 3 is 2.89 bits per heavy atom. The molecule has 0 aromatic carbocycles. The number of fused-ring (bicyclic) bond motifs is 1. The number of hydrogen-bond donors (Lipinski definition) is 2. The minimum atomic E-state index is -0.326. The molecular formula is C18H21N7O3. The molecule has 4 heterocycles. The molecule has 3 atom stereocenters. The molecule has 3 aliphatic rings. The highest BCUT2D eigenvalue weighted by atomic mass is 16.4. The molecule has 2 aliphatic heterocycles. The van der Waals surface area contributed by atoms with Gasteiger partial charge in [0.25, 0.3) is 5.91 Å². The molecule has 1 aliphatic carbocycles. The van der Waals surface area contributed by atoms with Gasteiger partial charge in [0, 0.05) is 49.9 Å². The van der Waals surface area contributed by atoms with Gasteiger partial charge in [0.05, 0.1) is 6.04 Å². The summed E-state index contributed by atoms with van der Waals surface area (Å²) < 4.78 is 5.79. The number of nitrogens with one attached hydrogen (secondary N) is 2. The van der Waals surface area contributed by atoms with Gasteiger partial charge in [-0.2, -0.15) is 0 Å². The lowest BCUT2D eigenvalue weighted by atomic mass is 10.1. The average Bonchev–Trinajstić information content (AvgIpc) is 3.30. The minimum Gasteiger partial charge on any atom is -0.425 e. The third-order valence-corrected chi connectivity index (χ3v) is 5.55. The van der Waals surface area contributed by atoms with Crippen LogP contribution in [0.2, 0.25) is 0 Å². The van der Waals surface area contributed by atoms with E-state index in [1.807, 2.05) is 0 Å². The second kappa shape index (κ2) is 6.93. The predicted octanol–water partition coefficient (Wildman–Crippen LogP) is -0.349. The van der Waals surface area contributed by atoms with Crippen LogP contribution in [0.3, 0.4) is 0 Å². The van der Waals surface area contributed by atoms with Gasteiger partial charge in [0.1, 0.15) is 0 Å². The van der Waals surface area contributed by atoms with Crippen LogP contribution in [-0.2, 0) is 11.2 Å². The second-order valence-electron chi connectivity index (χ2n) is 7.60. The highest BCUT2D eigenvalue weighted by Gasteiger charge is 2.44. The van der Waals surface area contributed by atoms with Crippen molar-refractivity contribution in [3.63, 3.8) is 0 Å². The SMILES string of the molecule is O=C(N[C@H]1C[C@H]2C(=O)NC[C@@H](Cc3nnc(C4CC4)o3)N2C1)c1ncccn1. The molecule has 2 aromatic rings. The highest BCUT2D eigenvalue weighted by molar-refractivity contribution is 5.90. The number of rotatable bonds is 5. The molecular weight excluding hydrogens is 362 g/mol. The van der Waals surface area contributed by atoms with Crippen molar-refractivity contribution >= 4 is 11.8 Å². The van der Waals surface area contributed by atoms with Gasteiger partial charge in [-0.25, -0.2) is 9.97 Å². The van der Waals surface area contributed by atoms with E-state index in [0.29, 0.717) is 37.7 Å². The fraction of sp³-hybridized carbons (Fsp3) is 0.556. The molecule has 0 radical (unpaired) electrons. The van der Waals surface area contributed by atoms with Crippen LogP contribution in [0.1, 0.15) is 47.6 Å². The van der Waals surface area contributed by atoms with Crippen LogP contribution in [0.15, 0.2) is 22.9 Å². The number of carbonyl (C=O) groups excluding carboxylic acids is 2. The standard InChI is InChI=1S/C18H21N7O3/c26-16-13-6-11(22-17(27)15-19-4-1-5-20-15)9-25(13)12(8-21-16)7-14-23-24-18(28-14)10-2-3-10/h1,4-5,10-13H,2-3,6-9H2,(H,21,26)(H,22,27)/t11-,12+,13-/m0/s1. The van der Waals surface area contributed by atoms with Gasteiger partial charge in [-0.15, -0.1) is 10.2 Å². The van der Waals surface area contributed by atoms with Crippen molar-refractivity contribution in [3.8, 4) is 0 Å². The predicted molar refractivity (Wildman–Crippen MR) is 95.2 cm³/mol. The van der Waals surface area contributed by atoms with E-state index in [9.17, 15) is 9.59 Å². The number of carbonyl (C=O) groups is 2. The molecule has 146 valence electrons. The summed E-state index contributed by atoms with van der Waals surface area (Å²) in [5.41, 5.74) is 0. The number of piperazine rings is 1. The van der Waals surface area contributed by atoms with Crippen LogP contribution in [0.25, 0.3) is 0 Å². The Bertz CT molecular complexity index is 882. The zero-order valence-corrected chi connectivity index (χ0v) is 15.2. The Balaban J connectivity index is 1.25. The molecule has 2 aromatic heterocycles. The van der Waals surface area contributed by atoms with Crippen LogP contribution in [0.4, 0.5) is 0 Å². The van der Waals surface area contributed by atoms with Gasteiger partial charge in [-0.05, 0) is 25.3 Å². The van der Waals surface area contributed by atoms with Gasteiger partial charge in [0.2, 0.25) is 23.5 Å². The molecule has 1 saturated carbocycles. The van der Waals surface area contributed by atoms with E-state index in [0.717, 1.165) is 18.7 Å². The Morgan fingerprint density at radius 1 is 1.29 bits per heavy atom. The lowest BCUT2D eigenvalue weighted by molar-refractivity contribution is -0.129. The first-order chi connectivity index (χ1) is 13.7. The van der Waals surface area contributed by atoms with E-state index in [-0.39, 0.29) is 35.8 Å². The molecule has 10 heteroatoms. The number of hydrogen-bond acceptors (Lipinski definition) is 8. The van der Waals surface area contributed by atoms with Gasteiger partial charge < -0.3 is 15.1 Å². The second-order valence-corrected chi connectivity index (χ2v) is 7.60. The minimum absolute atomic E-state index is 0.00633. The molecule has 5 rings (SSSR count). The first kappa shape index (κ1) is 17.2. The number of amides is 2. The van der Waals surface area contributed by atoms with Gasteiger partial charge in [-0.3, -0.25) is 14.5 Å². The molecule has 0 bridgehead atoms. The summed E-state index contributed by atoms with van der Waals surface area (Å²) in [5.74, 6) is 1.55. The lowest BCUT2D eigenvalue weighted by Gasteiger charge is -2.36. The van der Waals surface area contributed by atoms with E-state index < -0.39 is 0 Å². The normalized spacial score (nSPS) is 27.3. The van der Waals surface area contributed by atoms with Crippen LogP contribution >= 0.6 is 0 Å². The fourth-order valence-electron chi connectivity index (χ4n) is 3.98. The maximum absolute atomic E-state index is 12.3. The maximum Gasteiger partial charge on any atom is 0.289 e. The third-order valence-electron chi connectivity index (χ3n) is 5.55. The first-order valence-electron chi connectivity index (χ1n) is 9.61. The van der Waals surface area contributed by atoms with Gasteiger partial charge in [0.15, 0.2) is 0 Å². The van der Waals surface area contributed by atoms with Crippen molar-refractivity contribution in [2.45, 2.75) is 49.7 Å². The quantitative estimate of drug-likeness (QED) is 0.718. The summed E-state index contributed by atoms with van der Waals surface area (Å²) in [6.45, 7) is 1.11. The van der Waals surface area contributed by atoms with Crippen LogP contribution < -0.4 is 10.6 Å². The van der Waals surface area contributed by atoms with Crippen molar-refractivity contribution in [2.75, 3.05) is 13.1 Å². The van der Waals surface area contributed by atoms with Crippen molar-refractivity contribution in [1.29, 1.82) is 0 Å². The molecule has 2 N–H and O–H groups in total. The van der Waals surface area contributed by atoms with Crippen molar-refractivity contribution in [3.05, 3.63) is 36.1 Å². The summed E-state index contributed by atoms with van der Waals surface area (Å²) >= 11 is 0. The molecule has 2 saturated heterocycles. The summed E-state index contributed by atoms with van der Waals surface area (Å²) in [5, 5.41) is 14.2. The average molecular weight is 383 g/mol. The molecule has 0 spiro atoms. The van der Waals surface area contributed by atoms with E-state index in [4.69, 9.17) is 4.42 Å². The molecule has 0 unspecified atom stereocenters. The lowest BCUT2D eigenvalue weighted by Crippen LogP contribution is -2.58. The van der Waals surface area contributed by atoms with E-state index in [1.165, 1.54) is 12.4 Å². The summed E-state index contributed by atoms with van der Waals surface area (Å²) in [4.78, 5) is 34.8. The van der Waals surface area contributed by atoms with E-state index >= 15 is 0 Å². The van der Waals surface area contributed by atoms with Gasteiger partial charge in [-0.1, -0.05) is 0 Å². The Morgan fingerprint density at radius 2 is 2.11 bits per heavy atom. The maximum atomic E-state index is 12.3. The topological polar surface area (TPSA) is 126 Å². The molecule has 3 fully saturated rings. The first-order valence-corrected chi connectivity index (χ1v) is 9.61. The molecule has 2 amide bonds. The third kappa shape index (κ3) is 3.35. The summed E-state index contributed by atoms with van der Waals surface area (Å²) in [7, 11) is 0. The molecule has 10 nitrogen and oxygen atoms in total. The summed E-state index contributed by atoms with van der Waals surface area (Å²) in [6, 6.07) is 1.31. The summed E-state index contributed by atoms with van der Waals surface area (Å²) in [6.07, 6.45) is 6.42. The van der Waals surface area contributed by atoms with E-state index in [2.05, 4.69) is 35.7 Å². The van der Waals surface area contributed by atoms with Crippen molar-refractivity contribution < 1.29 is 14.0 Å². The monoisotopic (exact) mass is 383 g/mol. The van der Waals surface area contributed by atoms with Crippen molar-refractivity contribution in [2.24, 2.45) is 0 Å². The van der Waals surface area contributed by atoms with Gasteiger partial charge >= 0.3 is 0 Å². The Labute approximate surface area is 161 Å². The highest BCUT2D eigenvalue weighted by Crippen LogP contribution is 2.39. The smallest absolute Gasteiger partial charge is 0.289 e. The van der Waals surface area contributed by atoms with Crippen molar-refractivity contribution in [1.82, 2.24) is 35.7 Å². The van der Waals surface area contributed by atoms with Crippen LogP contribution in [0, 0.1) is 0 Å². The van der Waals surface area contributed by atoms with Crippen LogP contribution in [0.5, 0.6) is 0 Å². The van der Waals surface area contributed by atoms with Crippen LogP contribution in [-0.4, -0.2) is 68.1 Å². The fourth-order valence-corrected chi connectivity index (χ4v) is 3.98. The Kier molecular flexibility index (Phi) is 4.27. The number of aromatic nitrogens is 4.